The van der Waals surface area contributed by atoms with Crippen molar-refractivity contribution < 1.29 is 19.1 Å². The zero-order valence-electron chi connectivity index (χ0n) is 14.0. The van der Waals surface area contributed by atoms with Crippen LogP contribution in [0.15, 0.2) is 24.3 Å². The van der Waals surface area contributed by atoms with Crippen LogP contribution in [0.25, 0.3) is 0 Å². The van der Waals surface area contributed by atoms with Crippen molar-refractivity contribution in [3.63, 3.8) is 0 Å². The van der Waals surface area contributed by atoms with Crippen LogP contribution in [-0.4, -0.2) is 65.0 Å². The lowest BCUT2D eigenvalue weighted by molar-refractivity contribution is -0.144. The highest BCUT2D eigenvalue weighted by Crippen LogP contribution is 2.14. The van der Waals surface area contributed by atoms with Crippen LogP contribution in [-0.2, 0) is 9.59 Å². The summed E-state index contributed by atoms with van der Waals surface area (Å²) in [6.45, 7) is 6.15. The number of carbonyl (C=O) groups excluding carboxylic acids is 1. The molecular formula is C17H24FN3O3. The molecule has 1 fully saturated rings. The minimum absolute atomic E-state index is 0.195. The molecule has 0 aromatic heterocycles. The van der Waals surface area contributed by atoms with Crippen LogP contribution >= 0.6 is 0 Å². The van der Waals surface area contributed by atoms with Crippen LogP contribution in [0.4, 0.5) is 10.1 Å². The van der Waals surface area contributed by atoms with Gasteiger partial charge in [-0.05, 0) is 31.5 Å². The molecule has 0 bridgehead atoms. The molecule has 1 aliphatic heterocycles. The summed E-state index contributed by atoms with van der Waals surface area (Å²) in [7, 11) is 0. The number of benzene rings is 1. The van der Waals surface area contributed by atoms with Crippen LogP contribution in [0.5, 0.6) is 0 Å². The number of piperazine rings is 1. The Morgan fingerprint density at radius 3 is 2.42 bits per heavy atom. The molecule has 6 nitrogen and oxygen atoms in total. The maximum atomic E-state index is 13.2. The second-order valence-corrected chi connectivity index (χ2v) is 6.01. The molecule has 1 aromatic carbocycles. The van der Waals surface area contributed by atoms with Gasteiger partial charge in [0.1, 0.15) is 11.9 Å². The maximum absolute atomic E-state index is 13.2. The van der Waals surface area contributed by atoms with Crippen molar-refractivity contribution in [2.45, 2.75) is 32.4 Å². The van der Waals surface area contributed by atoms with Crippen LogP contribution in [0.1, 0.15) is 20.3 Å². The molecule has 1 saturated heterocycles. The summed E-state index contributed by atoms with van der Waals surface area (Å²) >= 11 is 0. The summed E-state index contributed by atoms with van der Waals surface area (Å²) in [5.41, 5.74) is 0.433. The van der Waals surface area contributed by atoms with Crippen LogP contribution < -0.4 is 5.32 Å². The number of carboxylic acid groups (broad SMARTS) is 1. The third-order valence-corrected chi connectivity index (χ3v) is 4.48. The third-order valence-electron chi connectivity index (χ3n) is 4.48. The molecule has 24 heavy (non-hydrogen) atoms. The summed E-state index contributed by atoms with van der Waals surface area (Å²) in [5, 5.41) is 11.9. The summed E-state index contributed by atoms with van der Waals surface area (Å²) < 4.78 is 13.2. The Hall–Kier alpha value is -1.99. The number of amides is 1. The van der Waals surface area contributed by atoms with Crippen molar-refractivity contribution in [1.29, 1.82) is 0 Å². The first kappa shape index (κ1) is 18.4. The Bertz CT molecular complexity index is 588. The zero-order chi connectivity index (χ0) is 17.7. The van der Waals surface area contributed by atoms with E-state index in [1.54, 1.807) is 19.1 Å². The van der Waals surface area contributed by atoms with Gasteiger partial charge in [0.2, 0.25) is 5.91 Å². The van der Waals surface area contributed by atoms with Gasteiger partial charge in [-0.25, -0.2) is 4.39 Å². The van der Waals surface area contributed by atoms with E-state index in [4.69, 9.17) is 0 Å². The molecule has 0 saturated carbocycles. The number of hydrogen-bond acceptors (Lipinski definition) is 4. The molecule has 0 aliphatic carbocycles. The van der Waals surface area contributed by atoms with Gasteiger partial charge < -0.3 is 10.4 Å². The maximum Gasteiger partial charge on any atom is 0.320 e. The normalized spacial score (nSPS) is 18.8. The number of carboxylic acids is 1. The van der Waals surface area contributed by atoms with Gasteiger partial charge in [0, 0.05) is 31.9 Å². The summed E-state index contributed by atoms with van der Waals surface area (Å²) in [4.78, 5) is 27.5. The van der Waals surface area contributed by atoms with E-state index in [0.29, 0.717) is 38.3 Å². The summed E-state index contributed by atoms with van der Waals surface area (Å²) in [6.07, 6.45) is 0.560. The van der Waals surface area contributed by atoms with E-state index < -0.39 is 17.8 Å². The lowest BCUT2D eigenvalue weighted by Gasteiger charge is -2.39. The van der Waals surface area contributed by atoms with E-state index in [1.807, 2.05) is 16.7 Å². The topological polar surface area (TPSA) is 72.9 Å². The zero-order valence-corrected chi connectivity index (χ0v) is 14.0. The van der Waals surface area contributed by atoms with Gasteiger partial charge in [-0.15, -0.1) is 0 Å². The largest absolute Gasteiger partial charge is 0.480 e. The molecule has 2 rings (SSSR count). The number of halogens is 1. The number of hydrogen-bond donors (Lipinski definition) is 2. The first-order valence-corrected chi connectivity index (χ1v) is 8.19. The van der Waals surface area contributed by atoms with Gasteiger partial charge in [-0.2, -0.15) is 0 Å². The van der Waals surface area contributed by atoms with Crippen molar-refractivity contribution in [2.24, 2.45) is 0 Å². The average Bonchev–Trinajstić information content (AvgIpc) is 2.55. The van der Waals surface area contributed by atoms with E-state index in [1.165, 1.54) is 12.1 Å². The molecule has 0 unspecified atom stereocenters. The van der Waals surface area contributed by atoms with Crippen LogP contribution in [0, 0.1) is 5.82 Å². The standard InChI is InChI=1S/C17H24FN3O3/c1-3-15(17(23)24)21-9-7-20(8-10-21)12(2)16(22)19-14-6-4-5-13(18)11-14/h4-6,11-12,15H,3,7-10H2,1-2H3,(H,19,22)(H,23,24)/t12-,15-/m1/s1. The molecule has 0 spiro atoms. The van der Waals surface area contributed by atoms with E-state index in [2.05, 4.69) is 5.32 Å². The second-order valence-electron chi connectivity index (χ2n) is 6.01. The smallest absolute Gasteiger partial charge is 0.320 e. The number of nitrogens with zero attached hydrogens (tertiary/aromatic N) is 2. The molecular weight excluding hydrogens is 313 g/mol. The Morgan fingerprint density at radius 2 is 1.88 bits per heavy atom. The second kappa shape index (κ2) is 8.21. The highest BCUT2D eigenvalue weighted by molar-refractivity contribution is 5.94. The molecule has 1 aromatic rings. The Morgan fingerprint density at radius 1 is 1.25 bits per heavy atom. The highest BCUT2D eigenvalue weighted by atomic mass is 19.1. The van der Waals surface area contributed by atoms with Gasteiger partial charge in [0.15, 0.2) is 0 Å². The lowest BCUT2D eigenvalue weighted by Crippen LogP contribution is -2.56. The monoisotopic (exact) mass is 337 g/mol. The SMILES string of the molecule is CC[C@H](C(=O)O)N1CCN([C@H](C)C(=O)Nc2cccc(F)c2)CC1. The number of carbonyl (C=O) groups is 2. The Labute approximate surface area is 141 Å². The molecule has 0 radical (unpaired) electrons. The summed E-state index contributed by atoms with van der Waals surface area (Å²) in [6, 6.07) is 4.96. The molecule has 132 valence electrons. The van der Waals surface area contributed by atoms with E-state index in [-0.39, 0.29) is 11.9 Å². The first-order chi connectivity index (χ1) is 11.4. The van der Waals surface area contributed by atoms with Crippen LogP contribution in [0.3, 0.4) is 0 Å². The predicted octanol–water partition coefficient (Wildman–Crippen LogP) is 1.63. The molecule has 1 aliphatic rings. The number of aliphatic carboxylic acids is 1. The first-order valence-electron chi connectivity index (χ1n) is 8.19. The minimum Gasteiger partial charge on any atom is -0.480 e. The predicted molar refractivity (Wildman–Crippen MR) is 89.4 cm³/mol. The van der Waals surface area contributed by atoms with E-state index >= 15 is 0 Å². The molecule has 1 heterocycles. The molecule has 2 atom stereocenters. The minimum atomic E-state index is -0.803. The van der Waals surface area contributed by atoms with Gasteiger partial charge >= 0.3 is 5.97 Å². The van der Waals surface area contributed by atoms with Gasteiger partial charge in [-0.3, -0.25) is 19.4 Å². The van der Waals surface area contributed by atoms with Crippen molar-refractivity contribution in [2.75, 3.05) is 31.5 Å². The fraction of sp³-hybridized carbons (Fsp3) is 0.529. The van der Waals surface area contributed by atoms with E-state index in [0.717, 1.165) is 0 Å². The molecule has 7 heteroatoms. The quantitative estimate of drug-likeness (QED) is 0.825. The van der Waals surface area contributed by atoms with Crippen molar-refractivity contribution in [1.82, 2.24) is 9.80 Å². The van der Waals surface area contributed by atoms with Gasteiger partial charge in [-0.1, -0.05) is 13.0 Å². The average molecular weight is 337 g/mol. The van der Waals surface area contributed by atoms with Crippen molar-refractivity contribution in [3.8, 4) is 0 Å². The lowest BCUT2D eigenvalue weighted by atomic mass is 10.1. The fourth-order valence-corrected chi connectivity index (χ4v) is 3.00. The number of anilines is 1. The Kier molecular flexibility index (Phi) is 6.28. The number of rotatable bonds is 6. The number of nitrogens with one attached hydrogen (secondary N) is 1. The Balaban J connectivity index is 1.89. The van der Waals surface area contributed by atoms with Gasteiger partial charge in [0.25, 0.3) is 0 Å². The fourth-order valence-electron chi connectivity index (χ4n) is 3.00. The molecule has 1 amide bonds. The van der Waals surface area contributed by atoms with Crippen LogP contribution in [0.2, 0.25) is 0 Å². The molecule has 2 N–H and O–H groups in total. The highest BCUT2D eigenvalue weighted by Gasteiger charge is 2.30. The van der Waals surface area contributed by atoms with Gasteiger partial charge in [0.05, 0.1) is 6.04 Å². The van der Waals surface area contributed by atoms with Crippen molar-refractivity contribution in [3.05, 3.63) is 30.1 Å². The van der Waals surface area contributed by atoms with Crippen molar-refractivity contribution >= 4 is 17.6 Å². The summed E-state index contributed by atoms with van der Waals surface area (Å²) in [5.74, 6) is -1.39. The third kappa shape index (κ3) is 4.52. The van der Waals surface area contributed by atoms with E-state index in [9.17, 15) is 19.1 Å².